The first-order chi connectivity index (χ1) is 14.5. The Hall–Kier alpha value is -2.73. The predicted octanol–water partition coefficient (Wildman–Crippen LogP) is -3.58. The minimum atomic E-state index is -1.17. The van der Waals surface area contributed by atoms with Gasteiger partial charge in [0.1, 0.15) is 23.1 Å². The number of aliphatic carboxylic acids is 4. The molecule has 0 amide bonds. The maximum absolute atomic E-state index is 10.1. The minimum absolute atomic E-state index is 0. The van der Waals surface area contributed by atoms with Crippen LogP contribution in [0.5, 0.6) is 0 Å². The molecule has 0 bridgehead atoms. The average molecular weight is 508 g/mol. The fourth-order valence-corrected chi connectivity index (χ4v) is 1.11. The van der Waals surface area contributed by atoms with E-state index in [-0.39, 0.29) is 96.2 Å². The summed E-state index contributed by atoms with van der Waals surface area (Å²) in [7, 11) is 0. The second-order valence-corrected chi connectivity index (χ2v) is 6.30. The molecule has 12 nitrogen and oxygen atoms in total. The first-order valence-electron chi connectivity index (χ1n) is 9.28. The van der Waals surface area contributed by atoms with E-state index in [1.807, 2.05) is 0 Å². The van der Waals surface area contributed by atoms with E-state index in [2.05, 4.69) is 0 Å². The molecular weight excluding hydrogens is 480 g/mol. The summed E-state index contributed by atoms with van der Waals surface area (Å²) in [5.41, 5.74) is 0. The molecule has 13 heteroatoms. The van der Waals surface area contributed by atoms with Crippen molar-refractivity contribution in [3.8, 4) is 0 Å². The van der Waals surface area contributed by atoms with Gasteiger partial charge in [0.15, 0.2) is 0 Å². The predicted molar refractivity (Wildman–Crippen MR) is 99.7 cm³/mol. The van der Waals surface area contributed by atoms with E-state index in [0.717, 1.165) is 0 Å². The van der Waals surface area contributed by atoms with Crippen LogP contribution in [0.15, 0.2) is 0 Å². The summed E-state index contributed by atoms with van der Waals surface area (Å²) in [6, 6.07) is 0. The Morgan fingerprint density at radius 3 is 0.515 bits per heavy atom. The van der Waals surface area contributed by atoms with E-state index in [4.69, 9.17) is 0 Å². The van der Waals surface area contributed by atoms with Crippen LogP contribution in [-0.4, -0.2) is 47.0 Å². The molecule has 0 heterocycles. The number of hydrogen-bond acceptors (Lipinski definition) is 12. The van der Waals surface area contributed by atoms with E-state index in [1.165, 1.54) is 27.7 Å². The van der Waals surface area contributed by atoms with Gasteiger partial charge in [0.05, 0.1) is 0 Å². The van der Waals surface area contributed by atoms with E-state index in [1.54, 1.807) is 0 Å². The molecule has 0 N–H and O–H groups in total. The van der Waals surface area contributed by atoms with Gasteiger partial charge in [-0.3, -0.25) is 0 Å². The first kappa shape index (κ1) is 40.6. The maximum Gasteiger partial charge on any atom is 4.00 e. The third kappa shape index (κ3) is 73.0. The fraction of sp³-hybridized carbons (Fsp3) is 0.600. The first-order valence-corrected chi connectivity index (χ1v) is 9.28. The molecule has 0 unspecified atom stereocenters. The van der Waals surface area contributed by atoms with Crippen molar-refractivity contribution < 1.29 is 80.5 Å². The summed E-state index contributed by atoms with van der Waals surface area (Å²) < 4.78 is 0. The molecule has 33 heavy (non-hydrogen) atoms. The van der Waals surface area contributed by atoms with Gasteiger partial charge in [-0.1, -0.05) is 0 Å². The molecule has 0 aliphatic carbocycles. The number of carbonyl (C=O) groups is 8. The van der Waals surface area contributed by atoms with Gasteiger partial charge in [0.25, 0.3) is 0 Å². The molecule has 184 valence electrons. The van der Waals surface area contributed by atoms with Crippen molar-refractivity contribution in [1.29, 1.82) is 0 Å². The van der Waals surface area contributed by atoms with Crippen LogP contribution in [0.2, 0.25) is 0 Å². The molecule has 0 saturated heterocycles. The van der Waals surface area contributed by atoms with Gasteiger partial charge in [-0.05, 0) is 53.4 Å². The van der Waals surface area contributed by atoms with E-state index in [9.17, 15) is 58.8 Å². The number of carboxylic acids is 4. The molecule has 0 aliphatic heterocycles. The van der Waals surface area contributed by atoms with Crippen LogP contribution < -0.4 is 20.4 Å². The van der Waals surface area contributed by atoms with Crippen LogP contribution in [0.3, 0.4) is 0 Å². The SMILES string of the molecule is CC(=O)CCC(=O)[O-].CC(=O)CCC(=O)[O-].CC(=O)CCC(=O)[O-].CC(=O)CCC(=O)[O-].[Ti+4]. The van der Waals surface area contributed by atoms with Crippen molar-refractivity contribution in [2.24, 2.45) is 0 Å². The maximum atomic E-state index is 10.1. The van der Waals surface area contributed by atoms with Gasteiger partial charge in [-0.15, -0.1) is 0 Å². The van der Waals surface area contributed by atoms with Crippen LogP contribution in [0.25, 0.3) is 0 Å². The Morgan fingerprint density at radius 2 is 0.485 bits per heavy atom. The van der Waals surface area contributed by atoms with Crippen molar-refractivity contribution in [3.05, 3.63) is 0 Å². The van der Waals surface area contributed by atoms with Crippen LogP contribution in [0, 0.1) is 0 Å². The quantitative estimate of drug-likeness (QED) is 0.233. The van der Waals surface area contributed by atoms with Gasteiger partial charge >= 0.3 is 21.7 Å². The summed E-state index contributed by atoms with van der Waals surface area (Å²) in [6.45, 7) is 5.40. The third-order valence-electron chi connectivity index (χ3n) is 2.72. The van der Waals surface area contributed by atoms with Crippen molar-refractivity contribution in [2.45, 2.75) is 79.1 Å². The molecule has 0 rings (SSSR count). The third-order valence-corrected chi connectivity index (χ3v) is 2.72. The van der Waals surface area contributed by atoms with Crippen LogP contribution >= 0.6 is 0 Å². The van der Waals surface area contributed by atoms with E-state index >= 15 is 0 Å². The largest absolute Gasteiger partial charge is 4.00 e. The normalized spacial score (nSPS) is 8.36. The Bertz CT molecular complexity index is 487. The Morgan fingerprint density at radius 1 is 0.364 bits per heavy atom. The number of Topliss-reactive ketones (excluding diaryl/α,β-unsaturated/α-hetero) is 4. The second-order valence-electron chi connectivity index (χ2n) is 6.30. The van der Waals surface area contributed by atoms with Crippen LogP contribution in [-0.2, 0) is 60.1 Å². The number of carbonyl (C=O) groups excluding carboxylic acids is 8. The topological polar surface area (TPSA) is 229 Å². The summed E-state index contributed by atoms with van der Waals surface area (Å²) >= 11 is 0. The van der Waals surface area contributed by atoms with Crippen molar-refractivity contribution in [3.63, 3.8) is 0 Å². The molecule has 0 spiro atoms. The van der Waals surface area contributed by atoms with Crippen LogP contribution in [0.1, 0.15) is 79.1 Å². The molecule has 0 fully saturated rings. The van der Waals surface area contributed by atoms with Crippen molar-refractivity contribution >= 4 is 47.0 Å². The Kier molecular flexibility index (Phi) is 33.6. The zero-order valence-electron chi connectivity index (χ0n) is 19.1. The van der Waals surface area contributed by atoms with Gasteiger partial charge in [-0.2, -0.15) is 0 Å². The molecule has 0 aromatic rings. The standard InChI is InChI=1S/4C5H8O3.Ti/c4*1-4(6)2-3-5(7)8;/h4*2-3H2,1H3,(H,7,8);/q;;;;+4/p-4. The summed E-state index contributed by atoms with van der Waals surface area (Å²) in [6.07, 6.45) is -0.287. The van der Waals surface area contributed by atoms with Crippen molar-refractivity contribution in [2.75, 3.05) is 0 Å². The van der Waals surface area contributed by atoms with Gasteiger partial charge < -0.3 is 58.8 Å². The van der Waals surface area contributed by atoms with E-state index in [0.29, 0.717) is 0 Å². The Labute approximate surface area is 206 Å². The molecule has 0 atom stereocenters. The number of carboxylic acid groups (broad SMARTS) is 4. The number of ketones is 4. The van der Waals surface area contributed by atoms with Crippen LogP contribution in [0.4, 0.5) is 0 Å². The van der Waals surface area contributed by atoms with E-state index < -0.39 is 23.9 Å². The average Bonchev–Trinajstić information content (AvgIpc) is 2.63. The number of hydrogen-bond donors (Lipinski definition) is 0. The molecular formula is C20H28O12Ti. The summed E-state index contributed by atoms with van der Waals surface area (Å²) in [5.74, 6) is -5.13. The molecule has 0 aromatic heterocycles. The van der Waals surface area contributed by atoms with Gasteiger partial charge in [-0.25, -0.2) is 0 Å². The molecule has 0 radical (unpaired) electrons. The summed E-state index contributed by atoms with van der Waals surface area (Å²) in [4.78, 5) is 78.8. The molecule has 0 aliphatic rings. The molecule has 0 aromatic carbocycles. The zero-order chi connectivity index (χ0) is 26.3. The molecule has 0 saturated carbocycles. The monoisotopic (exact) mass is 508 g/mol. The Balaban J connectivity index is -0.000000105. The number of rotatable bonds is 12. The van der Waals surface area contributed by atoms with Gasteiger partial charge in [0, 0.05) is 49.6 Å². The summed E-state index contributed by atoms with van der Waals surface area (Å²) in [5, 5.41) is 38.6. The van der Waals surface area contributed by atoms with Crippen molar-refractivity contribution in [1.82, 2.24) is 0 Å². The smallest absolute Gasteiger partial charge is 0.550 e. The minimum Gasteiger partial charge on any atom is -0.550 e. The zero-order valence-corrected chi connectivity index (χ0v) is 20.6. The second kappa shape index (κ2) is 27.3. The fourth-order valence-electron chi connectivity index (χ4n) is 1.11. The van der Waals surface area contributed by atoms with Gasteiger partial charge in [0.2, 0.25) is 0 Å².